The molecule has 0 aliphatic carbocycles. The zero-order valence-electron chi connectivity index (χ0n) is 11.0. The number of nitrogens with one attached hydrogen (secondary N) is 1. The van der Waals surface area contributed by atoms with Crippen molar-refractivity contribution in [2.45, 2.75) is 6.92 Å². The lowest BCUT2D eigenvalue weighted by Crippen LogP contribution is -2.14. The van der Waals surface area contributed by atoms with Gasteiger partial charge in [0.05, 0.1) is 0 Å². The minimum Gasteiger partial charge on any atom is -0.462 e. The molecule has 2 rings (SSSR count). The lowest BCUT2D eigenvalue weighted by Gasteiger charge is -2.08. The molecule has 8 heteroatoms. The number of amides is 1. The monoisotopic (exact) mass is 317 g/mol. The Balaban J connectivity index is 2.24. The SMILES string of the molecule is Cc1ccc(C=CC(=O)Nc2c(F)c(F)c(F)c(F)c2F)o1. The van der Waals surface area contributed by atoms with Gasteiger partial charge in [0.1, 0.15) is 17.2 Å². The van der Waals surface area contributed by atoms with Crippen molar-refractivity contribution in [3.8, 4) is 0 Å². The van der Waals surface area contributed by atoms with Crippen LogP contribution in [0.4, 0.5) is 27.6 Å². The molecule has 1 amide bonds. The van der Waals surface area contributed by atoms with E-state index in [0.29, 0.717) is 5.76 Å². The summed E-state index contributed by atoms with van der Waals surface area (Å²) in [7, 11) is 0. The van der Waals surface area contributed by atoms with Gasteiger partial charge in [-0.2, -0.15) is 0 Å². The first-order valence-electron chi connectivity index (χ1n) is 5.88. The van der Waals surface area contributed by atoms with Crippen molar-refractivity contribution in [3.63, 3.8) is 0 Å². The fourth-order valence-electron chi connectivity index (χ4n) is 1.58. The smallest absolute Gasteiger partial charge is 0.248 e. The van der Waals surface area contributed by atoms with E-state index in [4.69, 9.17) is 4.42 Å². The van der Waals surface area contributed by atoms with Crippen LogP contribution in [-0.2, 0) is 4.79 Å². The summed E-state index contributed by atoms with van der Waals surface area (Å²) in [6.45, 7) is 1.66. The van der Waals surface area contributed by atoms with Crippen molar-refractivity contribution in [2.75, 3.05) is 5.32 Å². The van der Waals surface area contributed by atoms with Crippen LogP contribution >= 0.6 is 0 Å². The van der Waals surface area contributed by atoms with Gasteiger partial charge in [0.15, 0.2) is 23.3 Å². The van der Waals surface area contributed by atoms with Crippen molar-refractivity contribution in [1.82, 2.24) is 0 Å². The minimum absolute atomic E-state index is 0.282. The summed E-state index contributed by atoms with van der Waals surface area (Å²) in [5, 5.41) is 1.60. The predicted molar refractivity (Wildman–Crippen MR) is 67.3 cm³/mol. The number of rotatable bonds is 3. The number of carbonyl (C=O) groups excluding carboxylic acids is 1. The van der Waals surface area contributed by atoms with Crippen LogP contribution in [0.2, 0.25) is 0 Å². The number of furan rings is 1. The van der Waals surface area contributed by atoms with Crippen LogP contribution in [0.25, 0.3) is 6.08 Å². The van der Waals surface area contributed by atoms with Gasteiger partial charge in [-0.15, -0.1) is 0 Å². The summed E-state index contributed by atoms with van der Waals surface area (Å²) >= 11 is 0. The Labute approximate surface area is 121 Å². The maximum atomic E-state index is 13.4. The zero-order chi connectivity index (χ0) is 16.4. The largest absolute Gasteiger partial charge is 0.462 e. The second-order valence-electron chi connectivity index (χ2n) is 4.22. The maximum Gasteiger partial charge on any atom is 0.248 e. The van der Waals surface area contributed by atoms with Gasteiger partial charge < -0.3 is 9.73 Å². The summed E-state index contributed by atoms with van der Waals surface area (Å²) in [4.78, 5) is 11.5. The standard InChI is InChI=1S/C14H8F5NO2/c1-6-2-3-7(22-6)4-5-8(21)20-14-12(18)10(16)9(15)11(17)13(14)19/h2-5H,1H3,(H,20,21). The summed E-state index contributed by atoms with van der Waals surface area (Å²) in [6, 6.07) is 3.14. The Morgan fingerprint density at radius 3 is 2.05 bits per heavy atom. The molecule has 1 heterocycles. The Morgan fingerprint density at radius 2 is 1.55 bits per heavy atom. The molecule has 0 fully saturated rings. The highest BCUT2D eigenvalue weighted by Crippen LogP contribution is 2.27. The molecule has 0 aliphatic heterocycles. The van der Waals surface area contributed by atoms with E-state index < -0.39 is 40.7 Å². The van der Waals surface area contributed by atoms with Crippen molar-refractivity contribution < 1.29 is 31.2 Å². The normalized spacial score (nSPS) is 11.2. The molecule has 2 aromatic rings. The lowest BCUT2D eigenvalue weighted by molar-refractivity contribution is -0.111. The predicted octanol–water partition coefficient (Wildman–Crippen LogP) is 3.94. The van der Waals surface area contributed by atoms with E-state index in [2.05, 4.69) is 0 Å². The molecule has 0 spiro atoms. The summed E-state index contributed by atoms with van der Waals surface area (Å²) < 4.78 is 70.6. The van der Waals surface area contributed by atoms with Crippen LogP contribution in [0.15, 0.2) is 22.6 Å². The highest BCUT2D eigenvalue weighted by atomic mass is 19.2. The summed E-state index contributed by atoms with van der Waals surface area (Å²) in [6.07, 6.45) is 2.00. The van der Waals surface area contributed by atoms with Gasteiger partial charge in [-0.3, -0.25) is 4.79 Å². The molecule has 3 nitrogen and oxygen atoms in total. The van der Waals surface area contributed by atoms with Crippen LogP contribution < -0.4 is 5.32 Å². The van der Waals surface area contributed by atoms with E-state index in [1.54, 1.807) is 18.3 Å². The number of hydrogen-bond donors (Lipinski definition) is 1. The van der Waals surface area contributed by atoms with Crippen molar-refractivity contribution in [2.24, 2.45) is 0 Å². The summed E-state index contributed by atoms with van der Waals surface area (Å²) in [5.41, 5.74) is -1.42. The van der Waals surface area contributed by atoms with Gasteiger partial charge in [0.2, 0.25) is 11.7 Å². The van der Waals surface area contributed by atoms with Crippen molar-refractivity contribution in [3.05, 3.63) is 58.8 Å². The van der Waals surface area contributed by atoms with Crippen molar-refractivity contribution >= 4 is 17.7 Å². The van der Waals surface area contributed by atoms with Gasteiger partial charge in [-0.1, -0.05) is 0 Å². The molecule has 0 unspecified atom stereocenters. The Morgan fingerprint density at radius 1 is 1.00 bits per heavy atom. The molecular weight excluding hydrogens is 309 g/mol. The maximum absolute atomic E-state index is 13.4. The molecule has 116 valence electrons. The molecular formula is C14H8F5NO2. The van der Waals surface area contributed by atoms with Crippen LogP contribution in [0.1, 0.15) is 11.5 Å². The molecule has 1 aromatic heterocycles. The zero-order valence-corrected chi connectivity index (χ0v) is 11.0. The summed E-state index contributed by atoms with van der Waals surface area (Å²) in [5.74, 6) is -11.0. The average Bonchev–Trinajstić information content (AvgIpc) is 2.91. The minimum atomic E-state index is -2.30. The highest BCUT2D eigenvalue weighted by molar-refractivity contribution is 6.01. The van der Waals surface area contributed by atoms with E-state index >= 15 is 0 Å². The fourth-order valence-corrected chi connectivity index (χ4v) is 1.58. The number of carbonyl (C=O) groups is 1. The number of hydrogen-bond acceptors (Lipinski definition) is 2. The third kappa shape index (κ3) is 3.00. The number of benzene rings is 1. The molecule has 0 saturated carbocycles. The van der Waals surface area contributed by atoms with Gasteiger partial charge in [0.25, 0.3) is 0 Å². The topological polar surface area (TPSA) is 42.2 Å². The van der Waals surface area contributed by atoms with Crippen LogP contribution in [0, 0.1) is 36.0 Å². The first kappa shape index (κ1) is 15.7. The number of aryl methyl sites for hydroxylation is 1. The molecule has 0 aliphatic rings. The van der Waals surface area contributed by atoms with Gasteiger partial charge >= 0.3 is 0 Å². The van der Waals surface area contributed by atoms with Gasteiger partial charge in [0, 0.05) is 6.08 Å². The molecule has 1 N–H and O–H groups in total. The fraction of sp³-hybridized carbons (Fsp3) is 0.0714. The van der Waals surface area contributed by atoms with Crippen LogP contribution in [0.5, 0.6) is 0 Å². The molecule has 0 atom stereocenters. The first-order valence-corrected chi connectivity index (χ1v) is 5.88. The van der Waals surface area contributed by atoms with E-state index in [1.165, 1.54) is 12.1 Å². The molecule has 0 saturated heterocycles. The van der Waals surface area contributed by atoms with Crippen molar-refractivity contribution in [1.29, 1.82) is 0 Å². The van der Waals surface area contributed by atoms with Gasteiger partial charge in [-0.05, 0) is 25.1 Å². The van der Waals surface area contributed by atoms with E-state index in [9.17, 15) is 26.7 Å². The highest BCUT2D eigenvalue weighted by Gasteiger charge is 2.26. The third-order valence-electron chi connectivity index (χ3n) is 2.62. The van der Waals surface area contributed by atoms with Crippen LogP contribution in [-0.4, -0.2) is 5.91 Å². The number of halogens is 5. The van der Waals surface area contributed by atoms with Gasteiger partial charge in [-0.25, -0.2) is 22.0 Å². The molecule has 1 aromatic carbocycles. The Kier molecular flexibility index (Phi) is 4.30. The number of anilines is 1. The first-order chi connectivity index (χ1) is 10.3. The second kappa shape index (κ2) is 6.00. The Bertz CT molecular complexity index is 738. The lowest BCUT2D eigenvalue weighted by atomic mass is 10.2. The van der Waals surface area contributed by atoms with E-state index in [-0.39, 0.29) is 5.76 Å². The molecule has 0 radical (unpaired) electrons. The quantitative estimate of drug-likeness (QED) is 0.403. The second-order valence-corrected chi connectivity index (χ2v) is 4.22. The molecule has 0 bridgehead atoms. The molecule has 22 heavy (non-hydrogen) atoms. The van der Waals surface area contributed by atoms with Crippen LogP contribution in [0.3, 0.4) is 0 Å². The Hall–Kier alpha value is -2.64. The average molecular weight is 317 g/mol. The third-order valence-corrected chi connectivity index (χ3v) is 2.62. The van der Waals surface area contributed by atoms with E-state index in [0.717, 1.165) is 6.08 Å². The van der Waals surface area contributed by atoms with E-state index in [1.807, 2.05) is 0 Å².